The van der Waals surface area contributed by atoms with Crippen LogP contribution in [0.1, 0.15) is 195 Å². The Morgan fingerprint density at radius 3 is 1.65 bits per heavy atom. The molecule has 0 aliphatic heterocycles. The molecule has 274 valence electrons. The molecule has 46 heavy (non-hydrogen) atoms. The monoisotopic (exact) mass is 656 g/mol. The predicted octanol–water partition coefficient (Wildman–Crippen LogP) is 10.2. The maximum Gasteiger partial charge on any atom is 0.323 e. The SMILES string of the molecule is CCCCCCCCCOC(=O)C(CCCCCCCC(=O)OCCCC(CCCCCC)CCCCCC)NC(C)OCCO. The van der Waals surface area contributed by atoms with Gasteiger partial charge in [0.15, 0.2) is 0 Å². The Balaban J connectivity index is 4.19. The fourth-order valence-electron chi connectivity index (χ4n) is 6.09. The maximum atomic E-state index is 12.8. The van der Waals surface area contributed by atoms with E-state index in [9.17, 15) is 9.59 Å². The van der Waals surface area contributed by atoms with Crippen LogP contribution in [-0.2, 0) is 23.8 Å². The largest absolute Gasteiger partial charge is 0.466 e. The number of unbranched alkanes of at least 4 members (excludes halogenated alkanes) is 16. The minimum absolute atomic E-state index is 0.0498. The van der Waals surface area contributed by atoms with Crippen LogP contribution in [0.5, 0.6) is 0 Å². The molecule has 0 amide bonds. The number of carbonyl (C=O) groups excluding carboxylic acids is 2. The highest BCUT2D eigenvalue weighted by Gasteiger charge is 2.22. The van der Waals surface area contributed by atoms with Gasteiger partial charge in [-0.25, -0.2) is 0 Å². The highest BCUT2D eigenvalue weighted by Crippen LogP contribution is 2.23. The van der Waals surface area contributed by atoms with Crippen LogP contribution in [0.2, 0.25) is 0 Å². The molecular weight excluding hydrogens is 578 g/mol. The molecule has 0 spiro atoms. The van der Waals surface area contributed by atoms with Gasteiger partial charge >= 0.3 is 11.9 Å². The van der Waals surface area contributed by atoms with Crippen molar-refractivity contribution in [3.63, 3.8) is 0 Å². The van der Waals surface area contributed by atoms with E-state index < -0.39 is 6.04 Å². The second-order valence-corrected chi connectivity index (χ2v) is 13.5. The molecule has 7 heteroatoms. The molecule has 0 radical (unpaired) electrons. The third kappa shape index (κ3) is 30.2. The van der Waals surface area contributed by atoms with E-state index in [1.165, 1.54) is 103 Å². The van der Waals surface area contributed by atoms with E-state index >= 15 is 0 Å². The van der Waals surface area contributed by atoms with Gasteiger partial charge in [0.2, 0.25) is 0 Å². The number of aliphatic hydroxyl groups excluding tert-OH is 1. The van der Waals surface area contributed by atoms with Crippen LogP contribution in [0.25, 0.3) is 0 Å². The lowest BCUT2D eigenvalue weighted by molar-refractivity contribution is -0.148. The van der Waals surface area contributed by atoms with E-state index in [0.29, 0.717) is 26.1 Å². The van der Waals surface area contributed by atoms with E-state index in [0.717, 1.165) is 57.3 Å². The van der Waals surface area contributed by atoms with E-state index in [-0.39, 0.29) is 31.4 Å². The number of carbonyl (C=O) groups is 2. The van der Waals surface area contributed by atoms with Crippen LogP contribution in [0.4, 0.5) is 0 Å². The van der Waals surface area contributed by atoms with Crippen molar-refractivity contribution in [1.29, 1.82) is 0 Å². The Morgan fingerprint density at radius 2 is 1.04 bits per heavy atom. The number of hydrogen-bond acceptors (Lipinski definition) is 7. The summed E-state index contributed by atoms with van der Waals surface area (Å²) >= 11 is 0. The van der Waals surface area contributed by atoms with Crippen molar-refractivity contribution >= 4 is 11.9 Å². The van der Waals surface area contributed by atoms with E-state index in [2.05, 4.69) is 26.1 Å². The van der Waals surface area contributed by atoms with E-state index in [1.54, 1.807) is 0 Å². The predicted molar refractivity (Wildman–Crippen MR) is 192 cm³/mol. The Bertz CT molecular complexity index is 648. The molecule has 7 nitrogen and oxygen atoms in total. The van der Waals surface area contributed by atoms with Crippen LogP contribution >= 0.6 is 0 Å². The van der Waals surface area contributed by atoms with Crippen molar-refractivity contribution in [3.8, 4) is 0 Å². The Labute approximate surface area is 285 Å². The summed E-state index contributed by atoms with van der Waals surface area (Å²) in [7, 11) is 0. The molecule has 2 atom stereocenters. The first-order valence-electron chi connectivity index (χ1n) is 19.8. The summed E-state index contributed by atoms with van der Waals surface area (Å²) in [6.45, 7) is 9.82. The molecule has 0 bridgehead atoms. The lowest BCUT2D eigenvalue weighted by Crippen LogP contribution is -2.44. The van der Waals surface area contributed by atoms with E-state index in [4.69, 9.17) is 19.3 Å². The van der Waals surface area contributed by atoms with Gasteiger partial charge in [0.25, 0.3) is 0 Å². The topological polar surface area (TPSA) is 94.1 Å². The summed E-state index contributed by atoms with van der Waals surface area (Å²) in [5.74, 6) is 0.505. The first kappa shape index (κ1) is 44.8. The number of rotatable bonds is 36. The van der Waals surface area contributed by atoms with Gasteiger partial charge in [0.05, 0.1) is 26.4 Å². The molecule has 0 heterocycles. The van der Waals surface area contributed by atoms with Gasteiger partial charge in [-0.1, -0.05) is 149 Å². The lowest BCUT2D eigenvalue weighted by Gasteiger charge is -2.22. The Kier molecular flexibility index (Phi) is 34.2. The van der Waals surface area contributed by atoms with Gasteiger partial charge in [0.1, 0.15) is 12.3 Å². The molecule has 2 N–H and O–H groups in total. The van der Waals surface area contributed by atoms with Gasteiger partial charge in [0, 0.05) is 6.42 Å². The molecule has 0 aromatic carbocycles. The van der Waals surface area contributed by atoms with Gasteiger partial charge in [-0.05, 0) is 44.9 Å². The zero-order valence-corrected chi connectivity index (χ0v) is 30.9. The molecule has 0 aromatic rings. The minimum atomic E-state index is -0.416. The molecule has 0 saturated heterocycles. The number of hydrogen-bond donors (Lipinski definition) is 2. The summed E-state index contributed by atoms with van der Waals surface area (Å²) in [5.41, 5.74) is 0. The zero-order valence-electron chi connectivity index (χ0n) is 30.9. The highest BCUT2D eigenvalue weighted by atomic mass is 16.5. The highest BCUT2D eigenvalue weighted by molar-refractivity contribution is 5.75. The van der Waals surface area contributed by atoms with Crippen LogP contribution in [-0.4, -0.2) is 55.7 Å². The Hall–Kier alpha value is -1.18. The molecule has 0 rings (SSSR count). The zero-order chi connectivity index (χ0) is 33.9. The van der Waals surface area contributed by atoms with Gasteiger partial charge < -0.3 is 19.3 Å². The molecule has 0 aromatic heterocycles. The number of aliphatic hydroxyl groups is 1. The van der Waals surface area contributed by atoms with Crippen molar-refractivity contribution in [2.24, 2.45) is 5.92 Å². The summed E-state index contributed by atoms with van der Waals surface area (Å²) < 4.78 is 16.7. The lowest BCUT2D eigenvalue weighted by atomic mass is 9.91. The molecular formula is C39H77NO6. The standard InChI is InChI=1S/C39H77NO6/c1-5-8-11-14-15-19-24-32-46-39(43)37(40-35(4)44-34-31-41)29-22-17-16-18-23-30-38(42)45-33-25-28-36(26-20-12-9-6-2)27-21-13-10-7-3/h35-37,40-41H,5-34H2,1-4H3. The summed E-state index contributed by atoms with van der Waals surface area (Å²) in [4.78, 5) is 25.1. The first-order valence-corrected chi connectivity index (χ1v) is 19.8. The number of ether oxygens (including phenoxy) is 3. The van der Waals surface area contributed by atoms with Crippen molar-refractivity contribution in [1.82, 2.24) is 5.32 Å². The second kappa shape index (κ2) is 35.1. The molecule has 0 saturated carbocycles. The summed E-state index contributed by atoms with van der Waals surface area (Å²) in [5, 5.41) is 12.3. The summed E-state index contributed by atoms with van der Waals surface area (Å²) in [6, 6.07) is -0.416. The number of esters is 2. The smallest absolute Gasteiger partial charge is 0.323 e. The van der Waals surface area contributed by atoms with Gasteiger partial charge in [-0.3, -0.25) is 14.9 Å². The van der Waals surface area contributed by atoms with Crippen LogP contribution < -0.4 is 5.32 Å². The average Bonchev–Trinajstić information content (AvgIpc) is 3.05. The van der Waals surface area contributed by atoms with Crippen molar-refractivity contribution in [2.75, 3.05) is 26.4 Å². The second-order valence-electron chi connectivity index (χ2n) is 13.5. The van der Waals surface area contributed by atoms with Crippen molar-refractivity contribution in [2.45, 2.75) is 207 Å². The molecule has 0 aliphatic carbocycles. The van der Waals surface area contributed by atoms with Crippen LogP contribution in [0.3, 0.4) is 0 Å². The van der Waals surface area contributed by atoms with Crippen molar-refractivity contribution in [3.05, 3.63) is 0 Å². The first-order chi connectivity index (χ1) is 22.5. The van der Waals surface area contributed by atoms with Crippen molar-refractivity contribution < 1.29 is 28.9 Å². The quantitative estimate of drug-likeness (QED) is 0.0394. The molecule has 0 aliphatic rings. The fraction of sp³-hybridized carbons (Fsp3) is 0.949. The third-order valence-electron chi connectivity index (χ3n) is 9.00. The van der Waals surface area contributed by atoms with Crippen LogP contribution in [0, 0.1) is 5.92 Å². The Morgan fingerprint density at radius 1 is 0.565 bits per heavy atom. The molecule has 0 fully saturated rings. The summed E-state index contributed by atoms with van der Waals surface area (Å²) in [6.07, 6.45) is 29.3. The number of nitrogens with one attached hydrogen (secondary N) is 1. The molecule has 2 unspecified atom stereocenters. The average molecular weight is 656 g/mol. The van der Waals surface area contributed by atoms with Gasteiger partial charge in [-0.2, -0.15) is 0 Å². The van der Waals surface area contributed by atoms with E-state index in [1.807, 2.05) is 6.92 Å². The third-order valence-corrected chi connectivity index (χ3v) is 9.00. The van der Waals surface area contributed by atoms with Crippen LogP contribution in [0.15, 0.2) is 0 Å². The minimum Gasteiger partial charge on any atom is -0.466 e. The normalized spacial score (nSPS) is 12.8. The van der Waals surface area contributed by atoms with Gasteiger partial charge in [-0.15, -0.1) is 0 Å². The maximum absolute atomic E-state index is 12.8. The fourth-order valence-corrected chi connectivity index (χ4v) is 6.09.